The van der Waals surface area contributed by atoms with Gasteiger partial charge < -0.3 is 5.32 Å². The van der Waals surface area contributed by atoms with Crippen LogP contribution in [0, 0.1) is 0 Å². The summed E-state index contributed by atoms with van der Waals surface area (Å²) in [6, 6.07) is 6.85. The first kappa shape index (κ1) is 18.7. The Balaban J connectivity index is 0.00000144. The highest BCUT2D eigenvalue weighted by Crippen LogP contribution is 2.30. The molecule has 104 valence electrons. The molecule has 0 bridgehead atoms. The van der Waals surface area contributed by atoms with Gasteiger partial charge in [-0.05, 0) is 30.7 Å². The van der Waals surface area contributed by atoms with Gasteiger partial charge in [-0.25, -0.2) is 0 Å². The molecule has 0 radical (unpaired) electrons. The lowest BCUT2D eigenvalue weighted by Crippen LogP contribution is -2.44. The van der Waals surface area contributed by atoms with Gasteiger partial charge in [-0.2, -0.15) is 0 Å². The SMILES string of the molecule is C[C@H](c1cc(Br)ccc1Br)N1CCNCC1.Cl.Cl. The largest absolute Gasteiger partial charge is 0.314 e. The van der Waals surface area contributed by atoms with Gasteiger partial charge in [-0.15, -0.1) is 24.8 Å². The van der Waals surface area contributed by atoms with Crippen molar-refractivity contribution < 1.29 is 0 Å². The second-order valence-corrected chi connectivity index (χ2v) is 5.90. The summed E-state index contributed by atoms with van der Waals surface area (Å²) in [6.07, 6.45) is 0. The van der Waals surface area contributed by atoms with Crippen molar-refractivity contribution in [3.05, 3.63) is 32.7 Å². The average Bonchev–Trinajstić information content (AvgIpc) is 2.32. The Morgan fingerprint density at radius 2 is 1.78 bits per heavy atom. The molecule has 1 aliphatic heterocycles. The highest BCUT2D eigenvalue weighted by atomic mass is 79.9. The number of hydrogen-bond acceptors (Lipinski definition) is 2. The molecule has 1 saturated heterocycles. The lowest BCUT2D eigenvalue weighted by atomic mass is 10.1. The van der Waals surface area contributed by atoms with Crippen molar-refractivity contribution in [3.63, 3.8) is 0 Å². The number of halogens is 4. The van der Waals surface area contributed by atoms with Gasteiger partial charge in [-0.1, -0.05) is 31.9 Å². The van der Waals surface area contributed by atoms with E-state index in [9.17, 15) is 0 Å². The zero-order valence-corrected chi connectivity index (χ0v) is 15.0. The molecular weight excluding hydrogens is 403 g/mol. The number of nitrogens with one attached hydrogen (secondary N) is 1. The molecule has 2 nitrogen and oxygen atoms in total. The predicted octanol–water partition coefficient (Wildman–Crippen LogP) is 4.02. The third-order valence-corrected chi connectivity index (χ3v) is 4.32. The smallest absolute Gasteiger partial charge is 0.0332 e. The second kappa shape index (κ2) is 8.77. The van der Waals surface area contributed by atoms with Gasteiger partial charge in [0.1, 0.15) is 0 Å². The lowest BCUT2D eigenvalue weighted by Gasteiger charge is -2.33. The number of benzene rings is 1. The standard InChI is InChI=1S/C12H16Br2N2.2ClH/c1-9(16-6-4-15-5-7-16)11-8-10(13)2-3-12(11)14;;/h2-3,8-9,15H,4-7H2,1H3;2*1H/t9-;;/m1../s1. The summed E-state index contributed by atoms with van der Waals surface area (Å²) < 4.78 is 2.34. The molecule has 6 heteroatoms. The van der Waals surface area contributed by atoms with Crippen molar-refractivity contribution in [1.82, 2.24) is 10.2 Å². The summed E-state index contributed by atoms with van der Waals surface area (Å²) in [7, 11) is 0. The summed E-state index contributed by atoms with van der Waals surface area (Å²) in [4.78, 5) is 2.52. The van der Waals surface area contributed by atoms with Crippen LogP contribution < -0.4 is 5.32 Å². The van der Waals surface area contributed by atoms with E-state index in [1.165, 1.54) is 10.0 Å². The van der Waals surface area contributed by atoms with Gasteiger partial charge in [-0.3, -0.25) is 4.90 Å². The highest BCUT2D eigenvalue weighted by molar-refractivity contribution is 9.11. The predicted molar refractivity (Wildman–Crippen MR) is 89.2 cm³/mol. The molecule has 0 unspecified atom stereocenters. The molecule has 0 amide bonds. The summed E-state index contributed by atoms with van der Waals surface area (Å²) >= 11 is 7.17. The molecule has 0 aromatic heterocycles. The number of hydrogen-bond donors (Lipinski definition) is 1. The molecule has 1 aromatic rings. The fourth-order valence-electron chi connectivity index (χ4n) is 2.10. The molecule has 1 aromatic carbocycles. The Hall–Kier alpha value is 0.680. The first-order valence-corrected chi connectivity index (χ1v) is 7.17. The van der Waals surface area contributed by atoms with Crippen molar-refractivity contribution in [2.24, 2.45) is 0 Å². The van der Waals surface area contributed by atoms with Crippen LogP contribution in [0.1, 0.15) is 18.5 Å². The molecule has 1 aliphatic rings. The van der Waals surface area contributed by atoms with E-state index in [1.54, 1.807) is 0 Å². The number of piperazine rings is 1. The molecule has 0 saturated carbocycles. The van der Waals surface area contributed by atoms with E-state index in [-0.39, 0.29) is 24.8 Å². The first-order valence-electron chi connectivity index (χ1n) is 5.58. The second-order valence-electron chi connectivity index (χ2n) is 4.13. The summed E-state index contributed by atoms with van der Waals surface area (Å²) in [5.41, 5.74) is 1.36. The molecule has 2 rings (SSSR count). The monoisotopic (exact) mass is 418 g/mol. The molecule has 1 fully saturated rings. The minimum absolute atomic E-state index is 0. The van der Waals surface area contributed by atoms with E-state index < -0.39 is 0 Å². The van der Waals surface area contributed by atoms with E-state index in [0.717, 1.165) is 30.7 Å². The molecule has 0 aliphatic carbocycles. The van der Waals surface area contributed by atoms with Crippen molar-refractivity contribution in [3.8, 4) is 0 Å². The molecule has 1 N–H and O–H groups in total. The quantitative estimate of drug-likeness (QED) is 0.777. The molecule has 1 heterocycles. The van der Waals surface area contributed by atoms with Crippen LogP contribution in [0.5, 0.6) is 0 Å². The van der Waals surface area contributed by atoms with Crippen molar-refractivity contribution in [2.75, 3.05) is 26.2 Å². The summed E-state index contributed by atoms with van der Waals surface area (Å²) in [5.74, 6) is 0. The maximum absolute atomic E-state index is 3.63. The minimum Gasteiger partial charge on any atom is -0.314 e. The zero-order valence-electron chi connectivity index (χ0n) is 10.2. The van der Waals surface area contributed by atoms with E-state index in [1.807, 2.05) is 0 Å². The van der Waals surface area contributed by atoms with Crippen LogP contribution in [0.25, 0.3) is 0 Å². The zero-order chi connectivity index (χ0) is 11.5. The van der Waals surface area contributed by atoms with Crippen LogP contribution in [0.2, 0.25) is 0 Å². The normalized spacial score (nSPS) is 17.5. The third kappa shape index (κ3) is 4.66. The van der Waals surface area contributed by atoms with Gasteiger partial charge in [0.15, 0.2) is 0 Å². The molecular formula is C12H18Br2Cl2N2. The number of rotatable bonds is 2. The summed E-state index contributed by atoms with van der Waals surface area (Å²) in [6.45, 7) is 6.71. The minimum atomic E-state index is 0. The molecule has 1 atom stereocenters. The maximum Gasteiger partial charge on any atom is 0.0332 e. The van der Waals surface area contributed by atoms with Crippen LogP contribution in [-0.4, -0.2) is 31.1 Å². The van der Waals surface area contributed by atoms with Crippen LogP contribution in [0.15, 0.2) is 27.1 Å². The van der Waals surface area contributed by atoms with E-state index in [4.69, 9.17) is 0 Å². The van der Waals surface area contributed by atoms with Gasteiger partial charge in [0, 0.05) is 41.2 Å². The highest BCUT2D eigenvalue weighted by Gasteiger charge is 2.19. The maximum atomic E-state index is 3.63. The van der Waals surface area contributed by atoms with Gasteiger partial charge in [0.05, 0.1) is 0 Å². The van der Waals surface area contributed by atoms with Crippen LogP contribution in [-0.2, 0) is 0 Å². The van der Waals surface area contributed by atoms with Crippen LogP contribution in [0.3, 0.4) is 0 Å². The Bertz CT molecular complexity index is 371. The van der Waals surface area contributed by atoms with Gasteiger partial charge in [0.2, 0.25) is 0 Å². The van der Waals surface area contributed by atoms with E-state index >= 15 is 0 Å². The Morgan fingerprint density at radius 1 is 1.17 bits per heavy atom. The molecule has 18 heavy (non-hydrogen) atoms. The van der Waals surface area contributed by atoms with E-state index in [2.05, 4.69) is 67.2 Å². The Morgan fingerprint density at radius 3 is 2.39 bits per heavy atom. The molecule has 0 spiro atoms. The summed E-state index contributed by atoms with van der Waals surface area (Å²) in [5, 5.41) is 3.38. The van der Waals surface area contributed by atoms with E-state index in [0.29, 0.717) is 6.04 Å². The van der Waals surface area contributed by atoms with Gasteiger partial charge >= 0.3 is 0 Å². The lowest BCUT2D eigenvalue weighted by molar-refractivity contribution is 0.185. The Labute approximate surface area is 138 Å². The van der Waals surface area contributed by atoms with Crippen molar-refractivity contribution in [2.45, 2.75) is 13.0 Å². The fraction of sp³-hybridized carbons (Fsp3) is 0.500. The van der Waals surface area contributed by atoms with Crippen LogP contribution in [0.4, 0.5) is 0 Å². The fourth-order valence-corrected chi connectivity index (χ4v) is 3.06. The van der Waals surface area contributed by atoms with Gasteiger partial charge in [0.25, 0.3) is 0 Å². The first-order chi connectivity index (χ1) is 7.68. The van der Waals surface area contributed by atoms with Crippen molar-refractivity contribution in [1.29, 1.82) is 0 Å². The van der Waals surface area contributed by atoms with Crippen molar-refractivity contribution >= 4 is 56.7 Å². The number of nitrogens with zero attached hydrogens (tertiary/aromatic N) is 1. The third-order valence-electron chi connectivity index (χ3n) is 3.11. The Kier molecular flexibility index (Phi) is 9.10. The average molecular weight is 421 g/mol. The topological polar surface area (TPSA) is 15.3 Å². The van der Waals surface area contributed by atoms with Crippen LogP contribution >= 0.6 is 56.7 Å².